The Labute approximate surface area is 158 Å². The Morgan fingerprint density at radius 2 is 2.20 bits per heavy atom. The van der Waals surface area contributed by atoms with E-state index in [0.717, 1.165) is 39.5 Å². The van der Waals surface area contributed by atoms with E-state index in [4.69, 9.17) is 0 Å². The smallest absolute Gasteiger partial charge is 0.246 e. The van der Waals surface area contributed by atoms with Gasteiger partial charge in [-0.05, 0) is 59.1 Å². The number of fused-ring (bicyclic) bond motifs is 1. The van der Waals surface area contributed by atoms with Crippen LogP contribution in [-0.2, 0) is 4.79 Å². The number of nitrogens with zero attached hydrogens (tertiary/aromatic N) is 4. The van der Waals surface area contributed by atoms with Crippen molar-refractivity contribution in [1.82, 2.24) is 19.5 Å². The maximum absolute atomic E-state index is 12.5. The number of likely N-dealkylation sites (tertiary alicyclic amines) is 1. The predicted octanol–water partition coefficient (Wildman–Crippen LogP) is 3.97. The van der Waals surface area contributed by atoms with Gasteiger partial charge in [0.25, 0.3) is 0 Å². The first-order chi connectivity index (χ1) is 12.2. The molecule has 5 nitrogen and oxygen atoms in total. The normalized spacial score (nSPS) is 18.3. The van der Waals surface area contributed by atoms with Crippen molar-refractivity contribution in [2.75, 3.05) is 13.1 Å². The fraction of sp³-hybridized carbons (Fsp3) is 0.278. The van der Waals surface area contributed by atoms with Gasteiger partial charge in [-0.3, -0.25) is 9.20 Å². The maximum atomic E-state index is 12.5. The number of aromatic nitrogens is 3. The van der Waals surface area contributed by atoms with E-state index in [1.165, 1.54) is 0 Å². The van der Waals surface area contributed by atoms with Gasteiger partial charge in [-0.15, -0.1) is 21.5 Å². The van der Waals surface area contributed by atoms with E-state index >= 15 is 0 Å². The lowest BCUT2D eigenvalue weighted by atomic mass is 9.97. The molecule has 1 aliphatic rings. The van der Waals surface area contributed by atoms with E-state index in [0.29, 0.717) is 6.54 Å². The first kappa shape index (κ1) is 16.5. The number of pyridine rings is 1. The highest BCUT2D eigenvalue weighted by atomic mass is 79.9. The highest BCUT2D eigenvalue weighted by Gasteiger charge is 2.26. The quantitative estimate of drug-likeness (QED) is 0.606. The van der Waals surface area contributed by atoms with Crippen molar-refractivity contribution in [3.8, 4) is 0 Å². The van der Waals surface area contributed by atoms with Gasteiger partial charge >= 0.3 is 0 Å². The van der Waals surface area contributed by atoms with Crippen LogP contribution in [0.25, 0.3) is 11.7 Å². The Bertz CT molecular complexity index is 932. The van der Waals surface area contributed by atoms with E-state index in [2.05, 4.69) is 26.1 Å². The number of thiophene rings is 1. The SMILES string of the molecule is O=C(/C=C/c1ccc(Br)s1)N1CCCC(c2nnc3ccccn23)C1. The third-order valence-corrected chi connectivity index (χ3v) is 6.01. The van der Waals surface area contributed by atoms with Gasteiger partial charge in [0.05, 0.1) is 3.79 Å². The fourth-order valence-corrected chi connectivity index (χ4v) is 4.53. The van der Waals surface area contributed by atoms with Crippen molar-refractivity contribution >= 4 is 44.9 Å². The van der Waals surface area contributed by atoms with Crippen LogP contribution in [0.1, 0.15) is 29.5 Å². The monoisotopic (exact) mass is 416 g/mol. The molecule has 0 N–H and O–H groups in total. The number of hydrogen-bond donors (Lipinski definition) is 0. The summed E-state index contributed by atoms with van der Waals surface area (Å²) in [6.45, 7) is 1.48. The zero-order chi connectivity index (χ0) is 17.2. The van der Waals surface area contributed by atoms with Crippen LogP contribution in [0.2, 0.25) is 0 Å². The minimum atomic E-state index is 0.0584. The molecule has 1 amide bonds. The van der Waals surface area contributed by atoms with Crippen molar-refractivity contribution in [2.45, 2.75) is 18.8 Å². The Kier molecular flexibility index (Phi) is 4.67. The molecule has 1 unspecified atom stereocenters. The van der Waals surface area contributed by atoms with Crippen molar-refractivity contribution in [3.63, 3.8) is 0 Å². The number of carbonyl (C=O) groups excluding carboxylic acids is 1. The van der Waals surface area contributed by atoms with E-state index < -0.39 is 0 Å². The summed E-state index contributed by atoms with van der Waals surface area (Å²) in [6.07, 6.45) is 7.55. The summed E-state index contributed by atoms with van der Waals surface area (Å²) >= 11 is 5.05. The third kappa shape index (κ3) is 3.52. The molecular formula is C18H17BrN4OS. The Morgan fingerprint density at radius 3 is 3.04 bits per heavy atom. The molecule has 7 heteroatoms. The molecule has 25 heavy (non-hydrogen) atoms. The molecule has 4 heterocycles. The molecule has 1 atom stereocenters. The average Bonchev–Trinajstić information content (AvgIpc) is 3.26. The molecule has 0 spiro atoms. The number of halogens is 1. The number of piperidine rings is 1. The summed E-state index contributed by atoms with van der Waals surface area (Å²) in [6, 6.07) is 9.87. The standard InChI is InChI=1S/C18H17BrN4OS/c19-15-8-6-14(25-15)7-9-17(24)22-10-3-4-13(12-22)18-21-20-16-5-1-2-11-23(16)18/h1-2,5-9,11,13H,3-4,10,12H2/b9-7+. The van der Waals surface area contributed by atoms with Gasteiger partial charge in [0.1, 0.15) is 5.82 Å². The van der Waals surface area contributed by atoms with Crippen LogP contribution in [0.5, 0.6) is 0 Å². The number of hydrogen-bond acceptors (Lipinski definition) is 4. The molecule has 128 valence electrons. The molecule has 1 aliphatic heterocycles. The third-order valence-electron chi connectivity index (χ3n) is 4.42. The summed E-state index contributed by atoms with van der Waals surface area (Å²) in [5.74, 6) is 1.22. The van der Waals surface area contributed by atoms with Gasteiger partial charge in [0.15, 0.2) is 5.65 Å². The van der Waals surface area contributed by atoms with E-state index in [-0.39, 0.29) is 11.8 Å². The van der Waals surface area contributed by atoms with E-state index in [1.807, 2.05) is 51.9 Å². The number of rotatable bonds is 3. The van der Waals surface area contributed by atoms with Crippen LogP contribution in [0.15, 0.2) is 46.4 Å². The average molecular weight is 417 g/mol. The minimum Gasteiger partial charge on any atom is -0.338 e. The van der Waals surface area contributed by atoms with E-state index in [1.54, 1.807) is 17.4 Å². The van der Waals surface area contributed by atoms with Gasteiger partial charge in [-0.25, -0.2) is 0 Å². The summed E-state index contributed by atoms with van der Waals surface area (Å²) in [7, 11) is 0. The maximum Gasteiger partial charge on any atom is 0.246 e. The van der Waals surface area contributed by atoms with Gasteiger partial charge in [0, 0.05) is 36.2 Å². The number of carbonyl (C=O) groups is 1. The fourth-order valence-electron chi connectivity index (χ4n) is 3.20. The zero-order valence-electron chi connectivity index (χ0n) is 13.5. The molecule has 0 saturated carbocycles. The Balaban J connectivity index is 1.49. The van der Waals surface area contributed by atoms with E-state index in [9.17, 15) is 4.79 Å². The van der Waals surface area contributed by atoms with Gasteiger partial charge < -0.3 is 4.90 Å². The topological polar surface area (TPSA) is 50.5 Å². The minimum absolute atomic E-state index is 0.0584. The highest BCUT2D eigenvalue weighted by Crippen LogP contribution is 2.27. The molecule has 4 rings (SSSR count). The van der Waals surface area contributed by atoms with Crippen LogP contribution in [0.4, 0.5) is 0 Å². The number of amides is 1. The van der Waals surface area contributed by atoms with Gasteiger partial charge in [-0.1, -0.05) is 6.07 Å². The molecule has 3 aromatic rings. The van der Waals surface area contributed by atoms with Crippen LogP contribution < -0.4 is 0 Å². The summed E-state index contributed by atoms with van der Waals surface area (Å²) < 4.78 is 3.09. The second-order valence-electron chi connectivity index (χ2n) is 6.09. The predicted molar refractivity (Wildman–Crippen MR) is 103 cm³/mol. The molecular weight excluding hydrogens is 400 g/mol. The molecule has 1 fully saturated rings. The van der Waals surface area contributed by atoms with Crippen molar-refractivity contribution in [3.05, 3.63) is 57.1 Å². The van der Waals surface area contributed by atoms with Gasteiger partial charge in [-0.2, -0.15) is 0 Å². The molecule has 1 saturated heterocycles. The van der Waals surface area contributed by atoms with Crippen LogP contribution in [-0.4, -0.2) is 38.5 Å². The second kappa shape index (κ2) is 7.09. The van der Waals surface area contributed by atoms with Crippen molar-refractivity contribution in [2.24, 2.45) is 0 Å². The highest BCUT2D eigenvalue weighted by molar-refractivity contribution is 9.11. The first-order valence-corrected chi connectivity index (χ1v) is 9.83. The summed E-state index contributed by atoms with van der Waals surface area (Å²) in [5, 5.41) is 8.60. The molecule has 0 aromatic carbocycles. The lowest BCUT2D eigenvalue weighted by Crippen LogP contribution is -2.38. The van der Waals surface area contributed by atoms with Crippen LogP contribution >= 0.6 is 27.3 Å². The zero-order valence-corrected chi connectivity index (χ0v) is 15.9. The largest absolute Gasteiger partial charge is 0.338 e. The molecule has 0 aliphatic carbocycles. The van der Waals surface area contributed by atoms with Crippen LogP contribution in [0.3, 0.4) is 0 Å². The van der Waals surface area contributed by atoms with Crippen molar-refractivity contribution < 1.29 is 4.79 Å². The van der Waals surface area contributed by atoms with Crippen LogP contribution in [0, 0.1) is 0 Å². The lowest BCUT2D eigenvalue weighted by Gasteiger charge is -2.31. The Hall–Kier alpha value is -1.99. The molecule has 3 aromatic heterocycles. The van der Waals surface area contributed by atoms with Crippen molar-refractivity contribution in [1.29, 1.82) is 0 Å². The van der Waals surface area contributed by atoms with Gasteiger partial charge in [0.2, 0.25) is 5.91 Å². The lowest BCUT2D eigenvalue weighted by molar-refractivity contribution is -0.127. The Morgan fingerprint density at radius 1 is 1.28 bits per heavy atom. The summed E-state index contributed by atoms with van der Waals surface area (Å²) in [4.78, 5) is 15.5. The summed E-state index contributed by atoms with van der Waals surface area (Å²) in [5.41, 5.74) is 0.851. The molecule has 0 radical (unpaired) electrons. The first-order valence-electron chi connectivity index (χ1n) is 8.23. The second-order valence-corrected chi connectivity index (χ2v) is 8.58. The molecule has 0 bridgehead atoms.